The lowest BCUT2D eigenvalue weighted by Crippen LogP contribution is -2.36. The summed E-state index contributed by atoms with van der Waals surface area (Å²) in [5.41, 5.74) is 2.42. The Morgan fingerprint density at radius 3 is 2.43 bits per heavy atom. The quantitative estimate of drug-likeness (QED) is 0.498. The van der Waals surface area contributed by atoms with E-state index in [2.05, 4.69) is 6.92 Å². The lowest BCUT2D eigenvalue weighted by atomic mass is 9.68. The highest BCUT2D eigenvalue weighted by molar-refractivity contribution is 7.99. The number of phenols is 2. The first kappa shape index (κ1) is 20.6. The van der Waals surface area contributed by atoms with E-state index in [-0.39, 0.29) is 17.6 Å². The number of fused-ring (bicyclic) bond motifs is 1. The van der Waals surface area contributed by atoms with Crippen LogP contribution >= 0.6 is 11.8 Å². The maximum Gasteiger partial charge on any atom is 0.303 e. The molecule has 2 aromatic carbocycles. The van der Waals surface area contributed by atoms with Gasteiger partial charge in [0.2, 0.25) is 0 Å². The van der Waals surface area contributed by atoms with Crippen molar-refractivity contribution in [2.45, 2.75) is 61.7 Å². The summed E-state index contributed by atoms with van der Waals surface area (Å²) in [5.74, 6) is 1.08. The minimum Gasteiger partial charge on any atom is -0.508 e. The largest absolute Gasteiger partial charge is 0.508 e. The van der Waals surface area contributed by atoms with Gasteiger partial charge in [0, 0.05) is 22.5 Å². The topological polar surface area (TPSA) is 77.8 Å². The Bertz CT molecular complexity index is 818. The number of hydrogen-bond acceptors (Lipinski definition) is 4. The number of benzene rings is 2. The highest BCUT2D eigenvalue weighted by atomic mass is 32.2. The fourth-order valence-corrected chi connectivity index (χ4v) is 5.59. The summed E-state index contributed by atoms with van der Waals surface area (Å²) in [4.78, 5) is 11.8. The SMILES string of the molecule is CC1(c2ccc(O)cc2)CSc2cc(O)ccc2C1CCCCCCC(=O)O. The Balaban J connectivity index is 1.79. The summed E-state index contributed by atoms with van der Waals surface area (Å²) in [5, 5.41) is 28.3. The average molecular weight is 401 g/mol. The summed E-state index contributed by atoms with van der Waals surface area (Å²) in [7, 11) is 0. The van der Waals surface area contributed by atoms with E-state index in [0.29, 0.717) is 11.7 Å². The Morgan fingerprint density at radius 1 is 1.04 bits per heavy atom. The lowest BCUT2D eigenvalue weighted by Gasteiger charge is -2.43. The second kappa shape index (κ2) is 8.91. The zero-order chi connectivity index (χ0) is 20.1. The van der Waals surface area contributed by atoms with Crippen molar-refractivity contribution in [1.82, 2.24) is 0 Å². The number of carboxylic acid groups (broad SMARTS) is 1. The van der Waals surface area contributed by atoms with Crippen LogP contribution in [0.1, 0.15) is 62.5 Å². The van der Waals surface area contributed by atoms with Gasteiger partial charge in [-0.05, 0) is 54.2 Å². The van der Waals surface area contributed by atoms with Crippen LogP contribution in [0, 0.1) is 0 Å². The standard InChI is InChI=1S/C23H28O4S/c1-23(16-8-10-17(24)11-9-16)15-28-21-14-18(25)12-13-19(21)20(23)6-4-2-3-5-7-22(26)27/h8-14,20,24-25H,2-7,15H2,1H3,(H,26,27). The summed E-state index contributed by atoms with van der Waals surface area (Å²) < 4.78 is 0. The van der Waals surface area contributed by atoms with Gasteiger partial charge in [-0.1, -0.05) is 44.4 Å². The molecule has 2 aromatic rings. The smallest absolute Gasteiger partial charge is 0.303 e. The highest BCUT2D eigenvalue weighted by Gasteiger charge is 2.41. The number of phenolic OH excluding ortho intramolecular Hbond substituents is 2. The van der Waals surface area contributed by atoms with Gasteiger partial charge in [0.05, 0.1) is 0 Å². The van der Waals surface area contributed by atoms with E-state index < -0.39 is 5.97 Å². The number of aliphatic carboxylic acids is 1. The molecule has 4 nitrogen and oxygen atoms in total. The first-order chi connectivity index (χ1) is 13.4. The van der Waals surface area contributed by atoms with Gasteiger partial charge in [0.1, 0.15) is 11.5 Å². The Morgan fingerprint density at radius 2 is 1.71 bits per heavy atom. The molecular formula is C23H28O4S. The fourth-order valence-electron chi connectivity index (χ4n) is 4.19. The van der Waals surface area contributed by atoms with E-state index in [0.717, 1.165) is 42.8 Å². The predicted octanol–water partition coefficient (Wildman–Crippen LogP) is 5.67. The number of carboxylic acids is 1. The molecule has 2 atom stereocenters. The lowest BCUT2D eigenvalue weighted by molar-refractivity contribution is -0.137. The third-order valence-corrected chi connectivity index (χ3v) is 7.24. The van der Waals surface area contributed by atoms with E-state index in [1.165, 1.54) is 11.1 Å². The second-order valence-corrected chi connectivity index (χ2v) is 8.89. The molecule has 1 aliphatic rings. The molecule has 1 aliphatic heterocycles. The van der Waals surface area contributed by atoms with Crippen LogP contribution in [-0.2, 0) is 10.2 Å². The third-order valence-electron chi connectivity index (χ3n) is 5.83. The molecule has 0 amide bonds. The molecule has 0 aliphatic carbocycles. The molecule has 0 fully saturated rings. The first-order valence-corrected chi connectivity index (χ1v) is 10.9. The second-order valence-electron chi connectivity index (χ2n) is 7.87. The molecule has 1 heterocycles. The van der Waals surface area contributed by atoms with E-state index in [4.69, 9.17) is 5.11 Å². The van der Waals surface area contributed by atoms with Crippen molar-refractivity contribution >= 4 is 17.7 Å². The zero-order valence-corrected chi connectivity index (χ0v) is 17.0. The molecule has 0 saturated carbocycles. The third kappa shape index (κ3) is 4.64. The number of rotatable bonds is 8. The summed E-state index contributed by atoms with van der Waals surface area (Å²) >= 11 is 1.78. The fraction of sp³-hybridized carbons (Fsp3) is 0.435. The minimum atomic E-state index is -0.724. The minimum absolute atomic E-state index is 0.0661. The molecule has 0 bridgehead atoms. The summed E-state index contributed by atoms with van der Waals surface area (Å²) in [6.07, 6.45) is 5.00. The Hall–Kier alpha value is -2.14. The van der Waals surface area contributed by atoms with Gasteiger partial charge in [-0.15, -0.1) is 11.8 Å². The van der Waals surface area contributed by atoms with Crippen LogP contribution in [0.4, 0.5) is 0 Å². The van der Waals surface area contributed by atoms with E-state index >= 15 is 0 Å². The highest BCUT2D eigenvalue weighted by Crippen LogP contribution is 2.52. The number of thioether (sulfide) groups is 1. The summed E-state index contributed by atoms with van der Waals surface area (Å²) in [6.45, 7) is 2.29. The van der Waals surface area contributed by atoms with Crippen molar-refractivity contribution in [2.24, 2.45) is 0 Å². The molecule has 0 spiro atoms. The molecular weight excluding hydrogens is 372 g/mol. The van der Waals surface area contributed by atoms with Gasteiger partial charge < -0.3 is 15.3 Å². The maximum absolute atomic E-state index is 10.7. The number of carbonyl (C=O) groups is 1. The van der Waals surface area contributed by atoms with Gasteiger partial charge in [-0.3, -0.25) is 4.79 Å². The van der Waals surface area contributed by atoms with Crippen LogP contribution in [0.25, 0.3) is 0 Å². The van der Waals surface area contributed by atoms with Gasteiger partial charge in [0.25, 0.3) is 0 Å². The van der Waals surface area contributed by atoms with Crippen molar-refractivity contribution in [3.05, 3.63) is 53.6 Å². The van der Waals surface area contributed by atoms with Crippen LogP contribution in [0.2, 0.25) is 0 Å². The molecule has 0 saturated heterocycles. The molecule has 3 rings (SSSR count). The molecule has 5 heteroatoms. The summed E-state index contributed by atoms with van der Waals surface area (Å²) in [6, 6.07) is 13.2. The van der Waals surface area contributed by atoms with E-state index in [9.17, 15) is 15.0 Å². The van der Waals surface area contributed by atoms with Gasteiger partial charge in [-0.25, -0.2) is 0 Å². The molecule has 28 heavy (non-hydrogen) atoms. The van der Waals surface area contributed by atoms with E-state index in [1.54, 1.807) is 30.0 Å². The van der Waals surface area contributed by atoms with Crippen LogP contribution in [0.15, 0.2) is 47.4 Å². The normalized spacial score (nSPS) is 21.2. The average Bonchev–Trinajstić information content (AvgIpc) is 2.66. The number of hydrogen-bond donors (Lipinski definition) is 3. The molecule has 150 valence electrons. The predicted molar refractivity (Wildman–Crippen MR) is 112 cm³/mol. The van der Waals surface area contributed by atoms with Gasteiger partial charge >= 0.3 is 5.97 Å². The van der Waals surface area contributed by atoms with Crippen molar-refractivity contribution in [2.75, 3.05) is 5.75 Å². The first-order valence-electron chi connectivity index (χ1n) is 9.87. The van der Waals surface area contributed by atoms with Gasteiger partial charge in [-0.2, -0.15) is 0 Å². The zero-order valence-electron chi connectivity index (χ0n) is 16.2. The van der Waals surface area contributed by atoms with Crippen molar-refractivity contribution < 1.29 is 20.1 Å². The van der Waals surface area contributed by atoms with Crippen LogP contribution in [0.3, 0.4) is 0 Å². The number of unbranched alkanes of at least 4 members (excludes halogenated alkanes) is 3. The molecule has 3 N–H and O–H groups in total. The Labute approximate surface area is 170 Å². The molecule has 0 radical (unpaired) electrons. The number of aromatic hydroxyl groups is 2. The molecule has 0 aromatic heterocycles. The molecule has 2 unspecified atom stereocenters. The van der Waals surface area contributed by atoms with E-state index in [1.807, 2.05) is 24.3 Å². The van der Waals surface area contributed by atoms with Crippen LogP contribution < -0.4 is 0 Å². The van der Waals surface area contributed by atoms with Crippen molar-refractivity contribution in [1.29, 1.82) is 0 Å². The van der Waals surface area contributed by atoms with Crippen molar-refractivity contribution in [3.63, 3.8) is 0 Å². The van der Waals surface area contributed by atoms with Crippen molar-refractivity contribution in [3.8, 4) is 11.5 Å². The Kier molecular flexibility index (Phi) is 6.55. The van der Waals surface area contributed by atoms with Crippen LogP contribution in [-0.4, -0.2) is 27.0 Å². The van der Waals surface area contributed by atoms with Crippen LogP contribution in [0.5, 0.6) is 11.5 Å². The maximum atomic E-state index is 10.7. The van der Waals surface area contributed by atoms with Gasteiger partial charge in [0.15, 0.2) is 0 Å². The monoisotopic (exact) mass is 400 g/mol.